The highest BCUT2D eigenvalue weighted by atomic mass is 16.7. The average Bonchev–Trinajstić information content (AvgIpc) is 2.62. The van der Waals surface area contributed by atoms with E-state index in [9.17, 15) is 5.11 Å². The number of aliphatic hydroxyl groups excluding tert-OH is 1. The molecule has 3 heteroatoms. The Morgan fingerprint density at radius 2 is 1.90 bits per heavy atom. The Morgan fingerprint density at radius 1 is 1.17 bits per heavy atom. The lowest BCUT2D eigenvalue weighted by atomic mass is 9.87. The number of fused-ring (bicyclic) bond motifs is 1. The van der Waals surface area contributed by atoms with Gasteiger partial charge in [-0.05, 0) is 87.9 Å². The van der Waals surface area contributed by atoms with Crippen LogP contribution in [0.2, 0.25) is 0 Å². The van der Waals surface area contributed by atoms with Gasteiger partial charge in [0, 0.05) is 5.56 Å². The number of nitrogens with zero attached hydrogens (tertiary/aromatic N) is 1. The van der Waals surface area contributed by atoms with Gasteiger partial charge in [0.1, 0.15) is 11.8 Å². The Hall–Kier alpha value is -2.52. The molecular weight excluding hydrogens is 358 g/mol. The number of aryl methyl sites for hydroxylation is 3. The summed E-state index contributed by atoms with van der Waals surface area (Å²) < 4.78 is 0. The van der Waals surface area contributed by atoms with E-state index in [0.717, 1.165) is 12.1 Å². The lowest BCUT2D eigenvalue weighted by Gasteiger charge is -2.38. The molecule has 0 amide bonds. The molecule has 2 aromatic rings. The highest BCUT2D eigenvalue weighted by Gasteiger charge is 2.31. The normalized spacial score (nSPS) is 17.7. The molecule has 0 bridgehead atoms. The summed E-state index contributed by atoms with van der Waals surface area (Å²) in [6.07, 6.45) is 4.46. The quantitative estimate of drug-likeness (QED) is 0.602. The van der Waals surface area contributed by atoms with Crippen molar-refractivity contribution in [3.63, 3.8) is 0 Å². The maximum Gasteiger partial charge on any atom is 0.127 e. The molecule has 3 rings (SSSR count). The first-order valence-corrected chi connectivity index (χ1v) is 10.4. The molecule has 0 saturated carbocycles. The van der Waals surface area contributed by atoms with Gasteiger partial charge in [-0.1, -0.05) is 42.8 Å². The molecule has 0 saturated heterocycles. The van der Waals surface area contributed by atoms with Crippen LogP contribution in [0.5, 0.6) is 0 Å². The number of aliphatic hydroxyl groups is 1. The number of allylic oxidation sites excluding steroid dienone is 2. The van der Waals surface area contributed by atoms with Crippen LogP contribution in [0.25, 0.3) is 5.57 Å². The summed E-state index contributed by atoms with van der Waals surface area (Å²) in [7, 11) is 0. The second kappa shape index (κ2) is 8.46. The standard InChI is InChI=1S/C26H33NO2/c1-8-22-18(4)12-16(2)13-23(22)25-14-19(5)26-17(3)10-9-11-24(26)27(25)29-21(7)15-20(6)28/h9-15,20,25,28H,8H2,1-7H3/b21-15-. The molecule has 0 radical (unpaired) electrons. The monoisotopic (exact) mass is 391 g/mol. The first-order valence-electron chi connectivity index (χ1n) is 10.4. The van der Waals surface area contributed by atoms with Crippen LogP contribution in [0.15, 0.2) is 48.2 Å². The third-order valence-corrected chi connectivity index (χ3v) is 5.59. The third-order valence-electron chi connectivity index (χ3n) is 5.59. The molecule has 2 unspecified atom stereocenters. The second-order valence-electron chi connectivity index (χ2n) is 8.20. The van der Waals surface area contributed by atoms with Crippen molar-refractivity contribution >= 4 is 11.3 Å². The van der Waals surface area contributed by atoms with E-state index in [2.05, 4.69) is 71.0 Å². The summed E-state index contributed by atoms with van der Waals surface area (Å²) in [5.74, 6) is 0.688. The topological polar surface area (TPSA) is 32.7 Å². The average molecular weight is 392 g/mol. The number of hydroxylamine groups is 1. The predicted octanol–water partition coefficient (Wildman–Crippen LogP) is 6.36. The first-order chi connectivity index (χ1) is 13.7. The zero-order chi connectivity index (χ0) is 21.3. The smallest absolute Gasteiger partial charge is 0.127 e. The van der Waals surface area contributed by atoms with Crippen LogP contribution in [-0.4, -0.2) is 11.2 Å². The highest BCUT2D eigenvalue weighted by molar-refractivity contribution is 5.82. The highest BCUT2D eigenvalue weighted by Crippen LogP contribution is 2.43. The van der Waals surface area contributed by atoms with Crippen molar-refractivity contribution in [2.24, 2.45) is 0 Å². The Morgan fingerprint density at radius 3 is 2.55 bits per heavy atom. The molecule has 0 spiro atoms. The van der Waals surface area contributed by atoms with Crippen LogP contribution in [0, 0.1) is 20.8 Å². The largest absolute Gasteiger partial charge is 0.389 e. The van der Waals surface area contributed by atoms with Gasteiger partial charge in [-0.25, -0.2) is 0 Å². The van der Waals surface area contributed by atoms with Crippen LogP contribution in [0.3, 0.4) is 0 Å². The van der Waals surface area contributed by atoms with Crippen LogP contribution in [0.4, 0.5) is 5.69 Å². The van der Waals surface area contributed by atoms with Crippen molar-refractivity contribution in [3.05, 3.63) is 81.6 Å². The van der Waals surface area contributed by atoms with E-state index in [-0.39, 0.29) is 6.04 Å². The molecule has 0 aliphatic carbocycles. The molecule has 3 nitrogen and oxygen atoms in total. The van der Waals surface area contributed by atoms with Crippen LogP contribution in [0.1, 0.15) is 67.1 Å². The molecule has 1 aliphatic rings. The molecule has 0 aromatic heterocycles. The SMILES string of the molecule is CCc1c(C)cc(C)cc1C1C=C(C)c2c(C)cccc2N1O/C(C)=C\C(C)O. The van der Waals surface area contributed by atoms with E-state index >= 15 is 0 Å². The van der Waals surface area contributed by atoms with Gasteiger partial charge < -0.3 is 9.94 Å². The van der Waals surface area contributed by atoms with Crippen LogP contribution < -0.4 is 5.06 Å². The lowest BCUT2D eigenvalue weighted by molar-refractivity contribution is 0.156. The van der Waals surface area contributed by atoms with Gasteiger partial charge in [-0.15, -0.1) is 0 Å². The molecule has 1 N–H and O–H groups in total. The summed E-state index contributed by atoms with van der Waals surface area (Å²) in [6.45, 7) is 14.5. The molecule has 2 atom stereocenters. The van der Waals surface area contributed by atoms with E-state index in [1.807, 2.05) is 12.0 Å². The first kappa shape index (κ1) is 21.2. The minimum absolute atomic E-state index is 0.0322. The van der Waals surface area contributed by atoms with Gasteiger partial charge in [0.25, 0.3) is 0 Å². The van der Waals surface area contributed by atoms with E-state index in [4.69, 9.17) is 4.84 Å². The Balaban J connectivity index is 2.21. The fourth-order valence-electron chi connectivity index (χ4n) is 4.51. The molecule has 2 aromatic carbocycles. The number of rotatable bonds is 5. The summed E-state index contributed by atoms with van der Waals surface area (Å²) in [6, 6.07) is 10.8. The van der Waals surface area contributed by atoms with Crippen molar-refractivity contribution in [1.29, 1.82) is 0 Å². The van der Waals surface area contributed by atoms with E-state index in [1.165, 1.54) is 39.0 Å². The molecule has 1 heterocycles. The van der Waals surface area contributed by atoms with Gasteiger partial charge in [-0.2, -0.15) is 5.06 Å². The third kappa shape index (κ3) is 4.25. The van der Waals surface area contributed by atoms with Gasteiger partial charge in [0.2, 0.25) is 0 Å². The van der Waals surface area contributed by atoms with Crippen LogP contribution in [-0.2, 0) is 11.3 Å². The van der Waals surface area contributed by atoms with Gasteiger partial charge in [0.05, 0.1) is 11.8 Å². The summed E-state index contributed by atoms with van der Waals surface area (Å²) in [5.41, 5.74) is 10.0. The summed E-state index contributed by atoms with van der Waals surface area (Å²) in [5, 5.41) is 11.8. The number of benzene rings is 2. The Labute approximate surface area is 175 Å². The molecule has 29 heavy (non-hydrogen) atoms. The fourth-order valence-corrected chi connectivity index (χ4v) is 4.51. The molecular formula is C26H33NO2. The van der Waals surface area contributed by atoms with Gasteiger partial charge in [-0.3, -0.25) is 0 Å². The number of hydrogen-bond donors (Lipinski definition) is 1. The van der Waals surface area contributed by atoms with Gasteiger partial charge >= 0.3 is 0 Å². The fraction of sp³-hybridized carbons (Fsp3) is 0.385. The zero-order valence-corrected chi connectivity index (χ0v) is 18.7. The van der Waals surface area contributed by atoms with Crippen molar-refractivity contribution in [2.75, 3.05) is 5.06 Å². The molecule has 1 aliphatic heterocycles. The van der Waals surface area contributed by atoms with Crippen LogP contribution >= 0.6 is 0 Å². The Bertz CT molecular complexity index is 969. The second-order valence-corrected chi connectivity index (χ2v) is 8.20. The van der Waals surface area contributed by atoms with Crippen molar-refractivity contribution in [3.8, 4) is 0 Å². The predicted molar refractivity (Wildman–Crippen MR) is 122 cm³/mol. The van der Waals surface area contributed by atoms with E-state index in [1.54, 1.807) is 13.0 Å². The maximum atomic E-state index is 9.78. The zero-order valence-electron chi connectivity index (χ0n) is 18.7. The maximum absolute atomic E-state index is 9.78. The van der Waals surface area contributed by atoms with Crippen molar-refractivity contribution < 1.29 is 9.94 Å². The minimum Gasteiger partial charge on any atom is -0.389 e. The lowest BCUT2D eigenvalue weighted by Crippen LogP contribution is -2.32. The van der Waals surface area contributed by atoms with E-state index < -0.39 is 6.10 Å². The molecule has 154 valence electrons. The van der Waals surface area contributed by atoms with E-state index in [0.29, 0.717) is 5.76 Å². The Kier molecular flexibility index (Phi) is 6.18. The summed E-state index contributed by atoms with van der Waals surface area (Å²) in [4.78, 5) is 6.37. The van der Waals surface area contributed by atoms with Gasteiger partial charge in [0.15, 0.2) is 0 Å². The number of anilines is 1. The summed E-state index contributed by atoms with van der Waals surface area (Å²) >= 11 is 0. The van der Waals surface area contributed by atoms with Crippen molar-refractivity contribution in [1.82, 2.24) is 0 Å². The number of hydrogen-bond acceptors (Lipinski definition) is 3. The molecule has 0 fully saturated rings. The van der Waals surface area contributed by atoms with Crippen molar-refractivity contribution in [2.45, 2.75) is 67.0 Å². The minimum atomic E-state index is -0.556.